The van der Waals surface area contributed by atoms with Gasteiger partial charge in [0.15, 0.2) is 22.1 Å². The predicted octanol–water partition coefficient (Wildman–Crippen LogP) is 5.18. The molecule has 168 valence electrons. The highest BCUT2D eigenvalue weighted by Gasteiger charge is 2.45. The van der Waals surface area contributed by atoms with E-state index in [9.17, 15) is 14.7 Å². The van der Waals surface area contributed by atoms with Gasteiger partial charge < -0.3 is 14.3 Å². The van der Waals surface area contributed by atoms with Crippen LogP contribution in [0.2, 0.25) is 0 Å². The van der Waals surface area contributed by atoms with Crippen LogP contribution in [0, 0.1) is 6.92 Å². The van der Waals surface area contributed by atoms with Gasteiger partial charge in [0.25, 0.3) is 5.91 Å². The lowest BCUT2D eigenvalue weighted by Crippen LogP contribution is -2.29. The number of thiazole rings is 1. The average Bonchev–Trinajstić information content (AvgIpc) is 3.38. The van der Waals surface area contributed by atoms with Crippen LogP contribution in [-0.4, -0.2) is 23.1 Å². The molecule has 1 unspecified atom stereocenters. The molecule has 0 saturated carbocycles. The lowest BCUT2D eigenvalue weighted by Gasteiger charge is -2.23. The summed E-state index contributed by atoms with van der Waals surface area (Å²) in [6, 6.07) is 16.8. The maximum absolute atomic E-state index is 13.7. The number of aromatic nitrogens is 1. The first-order valence-electron chi connectivity index (χ1n) is 10.6. The van der Waals surface area contributed by atoms with E-state index in [0.29, 0.717) is 21.7 Å². The first kappa shape index (κ1) is 20.4. The van der Waals surface area contributed by atoms with Crippen LogP contribution in [0.25, 0.3) is 21.2 Å². The van der Waals surface area contributed by atoms with Gasteiger partial charge >= 0.3 is 0 Å². The van der Waals surface area contributed by atoms with Gasteiger partial charge in [-0.1, -0.05) is 35.6 Å². The van der Waals surface area contributed by atoms with Gasteiger partial charge in [0.2, 0.25) is 5.76 Å². The van der Waals surface area contributed by atoms with Crippen molar-refractivity contribution in [2.24, 2.45) is 0 Å². The molecule has 1 aliphatic heterocycles. The number of rotatable bonds is 3. The fourth-order valence-corrected chi connectivity index (χ4v) is 5.51. The fourth-order valence-electron chi connectivity index (χ4n) is 4.42. The number of ether oxygens (including phenoxy) is 1. The first-order valence-corrected chi connectivity index (χ1v) is 11.4. The van der Waals surface area contributed by atoms with Crippen LogP contribution in [0.1, 0.15) is 33.3 Å². The Kier molecular flexibility index (Phi) is 4.46. The number of hydrogen-bond donors (Lipinski definition) is 1. The minimum Gasteiger partial charge on any atom is -0.504 e. The summed E-state index contributed by atoms with van der Waals surface area (Å²) in [4.78, 5) is 33.6. The normalized spacial score (nSPS) is 15.3. The Balaban J connectivity index is 1.64. The Hall–Kier alpha value is -4.17. The van der Waals surface area contributed by atoms with Gasteiger partial charge in [0.1, 0.15) is 5.58 Å². The van der Waals surface area contributed by atoms with E-state index in [2.05, 4.69) is 0 Å². The smallest absolute Gasteiger partial charge is 0.297 e. The number of benzene rings is 3. The molecule has 5 aromatic rings. The number of aromatic hydroxyl groups is 1. The van der Waals surface area contributed by atoms with Crippen LogP contribution in [0.5, 0.6) is 11.5 Å². The summed E-state index contributed by atoms with van der Waals surface area (Å²) in [5.74, 6) is -0.242. The molecule has 6 rings (SSSR count). The molecule has 7 nitrogen and oxygen atoms in total. The van der Waals surface area contributed by atoms with E-state index < -0.39 is 11.9 Å². The quantitative estimate of drug-likeness (QED) is 0.391. The predicted molar refractivity (Wildman–Crippen MR) is 130 cm³/mol. The van der Waals surface area contributed by atoms with Crippen molar-refractivity contribution in [2.75, 3.05) is 12.0 Å². The van der Waals surface area contributed by atoms with Gasteiger partial charge in [-0.15, -0.1) is 0 Å². The van der Waals surface area contributed by atoms with E-state index in [1.165, 1.54) is 29.4 Å². The second kappa shape index (κ2) is 7.43. The van der Waals surface area contributed by atoms with Crippen molar-refractivity contribution in [1.82, 2.24) is 4.98 Å². The highest BCUT2D eigenvalue weighted by Crippen LogP contribution is 2.45. The van der Waals surface area contributed by atoms with Gasteiger partial charge in [-0.3, -0.25) is 14.5 Å². The molecule has 2 aromatic heterocycles. The summed E-state index contributed by atoms with van der Waals surface area (Å²) in [7, 11) is 1.45. The summed E-state index contributed by atoms with van der Waals surface area (Å²) in [5.41, 5.74) is 2.76. The minimum atomic E-state index is -0.792. The standard InChI is InChI=1S/C26H18N2O5S/c1-13-7-9-16-20(11-13)34-26(27-16)28-22(14-8-10-17(29)19(12-14)32-2)21-23(30)15-5-3-4-6-18(15)33-24(21)25(28)31/h3-12,22,29H,1-2H3. The Morgan fingerprint density at radius 2 is 1.91 bits per heavy atom. The summed E-state index contributed by atoms with van der Waals surface area (Å²) >= 11 is 1.37. The van der Waals surface area contributed by atoms with Gasteiger partial charge in [-0.25, -0.2) is 4.98 Å². The maximum Gasteiger partial charge on any atom is 0.297 e. The van der Waals surface area contributed by atoms with Crippen molar-refractivity contribution in [3.05, 3.63) is 93.3 Å². The SMILES string of the molecule is COc1cc(C2c3c(oc4ccccc4c3=O)C(=O)N2c2nc3ccc(C)cc3s2)ccc1O. The molecule has 0 fully saturated rings. The lowest BCUT2D eigenvalue weighted by molar-refractivity contribution is 0.0971. The topological polar surface area (TPSA) is 92.9 Å². The zero-order chi connectivity index (χ0) is 23.6. The third kappa shape index (κ3) is 2.92. The summed E-state index contributed by atoms with van der Waals surface area (Å²) in [6.07, 6.45) is 0. The van der Waals surface area contributed by atoms with E-state index in [4.69, 9.17) is 14.1 Å². The minimum absolute atomic E-state index is 0.00354. The van der Waals surface area contributed by atoms with Crippen LogP contribution in [0.4, 0.5) is 5.13 Å². The van der Waals surface area contributed by atoms with Crippen LogP contribution in [0.3, 0.4) is 0 Å². The number of hydrogen-bond acceptors (Lipinski definition) is 7. The van der Waals surface area contributed by atoms with Gasteiger partial charge in [0, 0.05) is 0 Å². The highest BCUT2D eigenvalue weighted by atomic mass is 32.1. The zero-order valence-electron chi connectivity index (χ0n) is 18.2. The molecule has 1 N–H and O–H groups in total. The Morgan fingerprint density at radius 3 is 2.74 bits per heavy atom. The van der Waals surface area contributed by atoms with Crippen molar-refractivity contribution in [2.45, 2.75) is 13.0 Å². The third-order valence-corrected chi connectivity index (χ3v) is 7.05. The molecule has 1 atom stereocenters. The molecule has 8 heteroatoms. The molecule has 3 aromatic carbocycles. The molecule has 3 heterocycles. The highest BCUT2D eigenvalue weighted by molar-refractivity contribution is 7.22. The Labute approximate surface area is 197 Å². The van der Waals surface area contributed by atoms with Crippen molar-refractivity contribution in [3.8, 4) is 11.5 Å². The van der Waals surface area contributed by atoms with Crippen LogP contribution < -0.4 is 15.1 Å². The maximum atomic E-state index is 13.7. The van der Waals surface area contributed by atoms with Crippen molar-refractivity contribution in [3.63, 3.8) is 0 Å². The van der Waals surface area contributed by atoms with Gasteiger partial charge in [-0.2, -0.15) is 0 Å². The monoisotopic (exact) mass is 470 g/mol. The van der Waals surface area contributed by atoms with E-state index in [1.54, 1.807) is 36.4 Å². The van der Waals surface area contributed by atoms with Gasteiger partial charge in [-0.05, 0) is 54.4 Å². The number of fused-ring (bicyclic) bond motifs is 3. The van der Waals surface area contributed by atoms with Crippen LogP contribution in [-0.2, 0) is 0 Å². The summed E-state index contributed by atoms with van der Waals surface area (Å²) in [6.45, 7) is 2.00. The molecule has 0 saturated heterocycles. The molecule has 34 heavy (non-hydrogen) atoms. The van der Waals surface area contributed by atoms with E-state index in [1.807, 2.05) is 25.1 Å². The third-order valence-electron chi connectivity index (χ3n) is 6.04. The Bertz CT molecular complexity index is 1690. The molecular formula is C26H18N2O5S. The number of para-hydroxylation sites is 1. The van der Waals surface area contributed by atoms with Crippen molar-refractivity contribution >= 4 is 43.6 Å². The largest absolute Gasteiger partial charge is 0.504 e. The van der Waals surface area contributed by atoms with E-state index >= 15 is 0 Å². The summed E-state index contributed by atoms with van der Waals surface area (Å²) < 4.78 is 12.2. The van der Waals surface area contributed by atoms with Crippen molar-refractivity contribution in [1.29, 1.82) is 0 Å². The summed E-state index contributed by atoms with van der Waals surface area (Å²) in [5, 5.41) is 11.0. The number of phenolic OH excluding ortho intramolecular Hbond substituents is 1. The average molecular weight is 471 g/mol. The Morgan fingerprint density at radius 1 is 1.09 bits per heavy atom. The molecule has 0 radical (unpaired) electrons. The number of anilines is 1. The number of phenols is 1. The van der Waals surface area contributed by atoms with Crippen LogP contribution >= 0.6 is 11.3 Å². The van der Waals surface area contributed by atoms with E-state index in [-0.39, 0.29) is 28.3 Å². The molecule has 0 aliphatic carbocycles. The number of carbonyl (C=O) groups excluding carboxylic acids is 1. The van der Waals surface area contributed by atoms with E-state index in [0.717, 1.165) is 15.8 Å². The van der Waals surface area contributed by atoms with Crippen molar-refractivity contribution < 1.29 is 19.1 Å². The number of aryl methyl sites for hydroxylation is 1. The number of nitrogens with zero attached hydrogens (tertiary/aromatic N) is 2. The number of methoxy groups -OCH3 is 1. The van der Waals surface area contributed by atoms with Crippen LogP contribution in [0.15, 0.2) is 69.9 Å². The second-order valence-electron chi connectivity index (χ2n) is 8.15. The molecule has 0 spiro atoms. The molecule has 1 aliphatic rings. The lowest BCUT2D eigenvalue weighted by atomic mass is 9.98. The first-order chi connectivity index (χ1) is 16.5. The van der Waals surface area contributed by atoms with Gasteiger partial charge in [0.05, 0.1) is 34.3 Å². The molecule has 0 bridgehead atoms. The fraction of sp³-hybridized carbons (Fsp3) is 0.115. The number of carbonyl (C=O) groups is 1. The molecule has 1 amide bonds. The molecular weight excluding hydrogens is 452 g/mol. The second-order valence-corrected chi connectivity index (χ2v) is 9.16. The zero-order valence-corrected chi connectivity index (χ0v) is 19.1. The number of amides is 1.